The molecule has 0 aliphatic carbocycles. The Bertz CT molecular complexity index is 486. The Morgan fingerprint density at radius 2 is 2.24 bits per heavy atom. The Morgan fingerprint density at radius 1 is 1.47 bits per heavy atom. The first-order chi connectivity index (χ1) is 8.09. The highest BCUT2D eigenvalue weighted by molar-refractivity contribution is 5.87. The number of pyridine rings is 1. The van der Waals surface area contributed by atoms with Gasteiger partial charge in [0.2, 0.25) is 5.91 Å². The molecule has 88 valence electrons. The van der Waals surface area contributed by atoms with Crippen LogP contribution in [0.15, 0.2) is 18.5 Å². The lowest BCUT2D eigenvalue weighted by atomic mass is 10.2. The van der Waals surface area contributed by atoms with E-state index < -0.39 is 5.97 Å². The molecule has 0 aliphatic rings. The normalized spacial score (nSPS) is 9.00. The van der Waals surface area contributed by atoms with Crippen LogP contribution >= 0.6 is 0 Å². The molecule has 1 aromatic heterocycles. The monoisotopic (exact) mass is 232 g/mol. The van der Waals surface area contributed by atoms with E-state index in [1.807, 2.05) is 0 Å². The summed E-state index contributed by atoms with van der Waals surface area (Å²) in [5.74, 6) is 4.49. The number of carbonyl (C=O) groups is 2. The van der Waals surface area contributed by atoms with Crippen molar-refractivity contribution in [3.8, 4) is 11.8 Å². The number of rotatable bonds is 3. The Morgan fingerprint density at radius 3 is 2.88 bits per heavy atom. The van der Waals surface area contributed by atoms with E-state index in [2.05, 4.69) is 22.1 Å². The highest BCUT2D eigenvalue weighted by Crippen LogP contribution is 2.00. The van der Waals surface area contributed by atoms with Gasteiger partial charge in [-0.15, -0.1) is 0 Å². The summed E-state index contributed by atoms with van der Waals surface area (Å²) in [5.41, 5.74) is 0.659. The average Bonchev–Trinajstić information content (AvgIpc) is 2.28. The quantitative estimate of drug-likeness (QED) is 0.592. The molecule has 2 N–H and O–H groups in total. The second-order valence-electron chi connectivity index (χ2n) is 3.30. The van der Waals surface area contributed by atoms with E-state index in [9.17, 15) is 9.59 Å². The topological polar surface area (TPSA) is 79.3 Å². The third-order valence-corrected chi connectivity index (χ3v) is 1.84. The Labute approximate surface area is 98.9 Å². The van der Waals surface area contributed by atoms with E-state index in [1.165, 1.54) is 25.4 Å². The molecule has 17 heavy (non-hydrogen) atoms. The van der Waals surface area contributed by atoms with E-state index in [-0.39, 0.29) is 11.5 Å². The molecule has 1 heterocycles. The summed E-state index contributed by atoms with van der Waals surface area (Å²) in [6, 6.07) is 1.46. The van der Waals surface area contributed by atoms with Crippen LogP contribution in [0, 0.1) is 11.8 Å². The van der Waals surface area contributed by atoms with Crippen LogP contribution in [0.25, 0.3) is 0 Å². The molecule has 0 saturated carbocycles. The van der Waals surface area contributed by atoms with Crippen molar-refractivity contribution >= 4 is 11.9 Å². The number of aromatic nitrogens is 1. The smallest absolute Gasteiger partial charge is 0.337 e. The number of carboxylic acids is 1. The Balaban J connectivity index is 2.56. The maximum atomic E-state index is 10.7. The molecule has 0 unspecified atom stereocenters. The van der Waals surface area contributed by atoms with E-state index in [0.717, 1.165) is 0 Å². The Kier molecular flexibility index (Phi) is 4.70. The van der Waals surface area contributed by atoms with Crippen LogP contribution < -0.4 is 5.32 Å². The third kappa shape index (κ3) is 4.80. The fraction of sp³-hybridized carbons (Fsp3) is 0.250. The van der Waals surface area contributed by atoms with Crippen LogP contribution in [-0.4, -0.2) is 28.5 Å². The van der Waals surface area contributed by atoms with Crippen molar-refractivity contribution in [1.82, 2.24) is 10.3 Å². The molecule has 5 heteroatoms. The predicted molar refractivity (Wildman–Crippen MR) is 61.4 cm³/mol. The van der Waals surface area contributed by atoms with Gasteiger partial charge in [-0.1, -0.05) is 11.8 Å². The van der Waals surface area contributed by atoms with Crippen LogP contribution in [0.1, 0.15) is 29.3 Å². The average molecular weight is 232 g/mol. The first-order valence-electron chi connectivity index (χ1n) is 5.01. The molecule has 0 radical (unpaired) electrons. The van der Waals surface area contributed by atoms with Crippen molar-refractivity contribution in [2.24, 2.45) is 0 Å². The zero-order valence-corrected chi connectivity index (χ0v) is 9.36. The van der Waals surface area contributed by atoms with Gasteiger partial charge in [0.1, 0.15) is 0 Å². The maximum absolute atomic E-state index is 10.7. The predicted octanol–water partition coefficient (Wildman–Crippen LogP) is 0.657. The first kappa shape index (κ1) is 12.7. The van der Waals surface area contributed by atoms with Crippen LogP contribution in [0.4, 0.5) is 0 Å². The van der Waals surface area contributed by atoms with Crippen LogP contribution in [0.5, 0.6) is 0 Å². The maximum Gasteiger partial charge on any atom is 0.337 e. The Hall–Kier alpha value is -2.35. The molecule has 1 amide bonds. The minimum atomic E-state index is -1.03. The lowest BCUT2D eigenvalue weighted by molar-refractivity contribution is -0.118. The van der Waals surface area contributed by atoms with Gasteiger partial charge in [0.25, 0.3) is 0 Å². The van der Waals surface area contributed by atoms with Crippen molar-refractivity contribution in [2.75, 3.05) is 6.54 Å². The summed E-state index contributed by atoms with van der Waals surface area (Å²) in [4.78, 5) is 25.0. The van der Waals surface area contributed by atoms with Gasteiger partial charge in [-0.05, 0) is 6.07 Å². The zero-order chi connectivity index (χ0) is 12.7. The van der Waals surface area contributed by atoms with Crippen LogP contribution in [0.3, 0.4) is 0 Å². The fourth-order valence-corrected chi connectivity index (χ4v) is 1.09. The molecule has 0 saturated heterocycles. The van der Waals surface area contributed by atoms with Gasteiger partial charge < -0.3 is 10.4 Å². The van der Waals surface area contributed by atoms with Crippen LogP contribution in [0.2, 0.25) is 0 Å². The van der Waals surface area contributed by atoms with Gasteiger partial charge in [-0.3, -0.25) is 9.78 Å². The van der Waals surface area contributed by atoms with Gasteiger partial charge in [-0.2, -0.15) is 0 Å². The number of aromatic carboxylic acids is 1. The molecule has 0 aromatic carbocycles. The standard InChI is InChI=1S/C12H12N2O3/c1-9(15)14-5-3-2-4-10-6-11(12(16)17)8-13-7-10/h6-8H,3,5H2,1H3,(H,14,15)(H,16,17). The molecular formula is C12H12N2O3. The van der Waals surface area contributed by atoms with E-state index >= 15 is 0 Å². The summed E-state index contributed by atoms with van der Waals surface area (Å²) in [7, 11) is 0. The van der Waals surface area contributed by atoms with Crippen molar-refractivity contribution < 1.29 is 14.7 Å². The molecule has 1 aromatic rings. The number of nitrogens with zero attached hydrogens (tertiary/aromatic N) is 1. The number of hydrogen-bond donors (Lipinski definition) is 2. The zero-order valence-electron chi connectivity index (χ0n) is 9.36. The molecule has 0 spiro atoms. The molecule has 0 fully saturated rings. The highest BCUT2D eigenvalue weighted by Gasteiger charge is 2.02. The minimum absolute atomic E-state index is 0.0960. The summed E-state index contributed by atoms with van der Waals surface area (Å²) in [6.07, 6.45) is 3.28. The van der Waals surface area contributed by atoms with Gasteiger partial charge in [0.15, 0.2) is 0 Å². The van der Waals surface area contributed by atoms with Crippen LogP contribution in [-0.2, 0) is 4.79 Å². The molecule has 0 aliphatic heterocycles. The molecule has 0 bridgehead atoms. The third-order valence-electron chi connectivity index (χ3n) is 1.84. The fourth-order valence-electron chi connectivity index (χ4n) is 1.09. The number of carboxylic acid groups (broad SMARTS) is 1. The van der Waals surface area contributed by atoms with Crippen molar-refractivity contribution in [3.05, 3.63) is 29.6 Å². The molecule has 0 atom stereocenters. The summed E-state index contributed by atoms with van der Waals surface area (Å²) in [5, 5.41) is 11.4. The first-order valence-corrected chi connectivity index (χ1v) is 5.01. The second-order valence-corrected chi connectivity index (χ2v) is 3.30. The minimum Gasteiger partial charge on any atom is -0.478 e. The number of amides is 1. The second kappa shape index (κ2) is 6.28. The molecule has 1 rings (SSSR count). The van der Waals surface area contributed by atoms with E-state index in [1.54, 1.807) is 0 Å². The van der Waals surface area contributed by atoms with Crippen molar-refractivity contribution in [2.45, 2.75) is 13.3 Å². The van der Waals surface area contributed by atoms with Gasteiger partial charge in [0, 0.05) is 37.8 Å². The largest absolute Gasteiger partial charge is 0.478 e. The van der Waals surface area contributed by atoms with E-state index in [0.29, 0.717) is 18.5 Å². The SMILES string of the molecule is CC(=O)NCCC#Cc1cncc(C(=O)O)c1. The van der Waals surface area contributed by atoms with Gasteiger partial charge in [-0.25, -0.2) is 4.79 Å². The number of carbonyl (C=O) groups excluding carboxylic acids is 1. The summed E-state index contributed by atoms with van der Waals surface area (Å²) < 4.78 is 0. The summed E-state index contributed by atoms with van der Waals surface area (Å²) >= 11 is 0. The van der Waals surface area contributed by atoms with Gasteiger partial charge in [0.05, 0.1) is 5.56 Å². The highest BCUT2D eigenvalue weighted by atomic mass is 16.4. The van der Waals surface area contributed by atoms with Crippen molar-refractivity contribution in [1.29, 1.82) is 0 Å². The lowest BCUT2D eigenvalue weighted by Crippen LogP contribution is -2.20. The summed E-state index contributed by atoms with van der Waals surface area (Å²) in [6.45, 7) is 1.92. The molecular weight excluding hydrogens is 220 g/mol. The number of hydrogen-bond acceptors (Lipinski definition) is 3. The van der Waals surface area contributed by atoms with Crippen molar-refractivity contribution in [3.63, 3.8) is 0 Å². The van der Waals surface area contributed by atoms with Gasteiger partial charge >= 0.3 is 5.97 Å². The van der Waals surface area contributed by atoms with E-state index in [4.69, 9.17) is 5.11 Å². The lowest BCUT2D eigenvalue weighted by Gasteiger charge is -1.95. The molecule has 5 nitrogen and oxygen atoms in total. The number of nitrogens with one attached hydrogen (secondary N) is 1.